The third-order valence-corrected chi connectivity index (χ3v) is 3.40. The number of rotatable bonds is 1. The first-order valence-electron chi connectivity index (χ1n) is 6.40. The maximum atomic E-state index is 12.8. The highest BCUT2D eigenvalue weighted by atomic mass is 19.4. The number of nitrogens with two attached hydrogens (primary N) is 1. The fraction of sp³-hybridized carbons (Fsp3) is 0.308. The van der Waals surface area contributed by atoms with E-state index in [0.717, 1.165) is 17.8 Å². The van der Waals surface area contributed by atoms with E-state index in [1.54, 1.807) is 19.2 Å². The molecule has 0 spiro atoms. The van der Waals surface area contributed by atoms with Crippen LogP contribution in [0.3, 0.4) is 0 Å². The van der Waals surface area contributed by atoms with Crippen molar-refractivity contribution in [1.82, 2.24) is 10.7 Å². The van der Waals surface area contributed by atoms with Crippen molar-refractivity contribution in [3.05, 3.63) is 47.3 Å². The lowest BCUT2D eigenvalue weighted by Crippen LogP contribution is -3.23. The average Bonchev–Trinajstić information content (AvgIpc) is 2.79. The van der Waals surface area contributed by atoms with Gasteiger partial charge in [0.15, 0.2) is 11.5 Å². The second-order valence-electron chi connectivity index (χ2n) is 5.27. The molecule has 2 unspecified atom stereocenters. The van der Waals surface area contributed by atoms with Gasteiger partial charge in [0.2, 0.25) is 0 Å². The molecule has 5 nitrogen and oxygen atoms in total. The zero-order valence-electron chi connectivity index (χ0n) is 11.3. The lowest BCUT2D eigenvalue weighted by atomic mass is 10.1. The smallest absolute Gasteiger partial charge is 0.297 e. The molecule has 0 aromatic heterocycles. The largest absolute Gasteiger partial charge is 0.416 e. The van der Waals surface area contributed by atoms with Crippen molar-refractivity contribution in [2.75, 3.05) is 6.54 Å². The monoisotopic (exact) mass is 298 g/mol. The summed E-state index contributed by atoms with van der Waals surface area (Å²) in [5, 5.41) is 3.74. The van der Waals surface area contributed by atoms with Gasteiger partial charge in [-0.2, -0.15) is 23.2 Å². The predicted molar refractivity (Wildman–Crippen MR) is 70.8 cm³/mol. The molecule has 0 amide bonds. The minimum absolute atomic E-state index is 0.413. The van der Waals surface area contributed by atoms with Gasteiger partial charge < -0.3 is 0 Å². The quantitative estimate of drug-likeness (QED) is 0.587. The molecule has 21 heavy (non-hydrogen) atoms. The second kappa shape index (κ2) is 4.63. The van der Waals surface area contributed by atoms with E-state index in [1.165, 1.54) is 6.07 Å². The number of aliphatic imine (C=N–C) groups is 1. The van der Waals surface area contributed by atoms with Gasteiger partial charge in [-0.1, -0.05) is 6.07 Å². The van der Waals surface area contributed by atoms with Gasteiger partial charge in [0, 0.05) is 0 Å². The Morgan fingerprint density at radius 3 is 2.86 bits per heavy atom. The number of nitrogens with one attached hydrogen (secondary N) is 3. The van der Waals surface area contributed by atoms with E-state index in [0.29, 0.717) is 23.0 Å². The molecule has 1 aromatic carbocycles. The van der Waals surface area contributed by atoms with Gasteiger partial charge in [0.1, 0.15) is 0 Å². The second-order valence-corrected chi connectivity index (χ2v) is 5.27. The normalized spacial score (nSPS) is 28.9. The first-order valence-corrected chi connectivity index (χ1v) is 6.40. The van der Waals surface area contributed by atoms with Crippen molar-refractivity contribution in [2.45, 2.75) is 18.9 Å². The highest BCUT2D eigenvalue weighted by molar-refractivity contribution is 5.94. The molecule has 1 saturated heterocycles. The van der Waals surface area contributed by atoms with Gasteiger partial charge in [-0.05, 0) is 25.1 Å². The standard InChI is InChI=1S/C13H14F3N5/c1-12(17)19-7-10-6-18-11(21(10)20-12)8-3-2-4-9(5-8)13(14,15)16/h2-6,19-20H,7,17H2,1H3/p+1. The maximum absolute atomic E-state index is 12.8. The molecule has 1 fully saturated rings. The van der Waals surface area contributed by atoms with Gasteiger partial charge in [-0.3, -0.25) is 11.1 Å². The molecule has 0 radical (unpaired) electrons. The highest BCUT2D eigenvalue weighted by Gasteiger charge is 2.40. The number of hydrogen-bond donors (Lipinski definition) is 4. The summed E-state index contributed by atoms with van der Waals surface area (Å²) in [6.07, 6.45) is -2.74. The van der Waals surface area contributed by atoms with Crippen LogP contribution in [0, 0.1) is 0 Å². The van der Waals surface area contributed by atoms with Gasteiger partial charge in [-0.25, -0.2) is 0 Å². The Hall–Kier alpha value is -1.74. The van der Waals surface area contributed by atoms with Crippen molar-refractivity contribution < 1.29 is 18.2 Å². The van der Waals surface area contributed by atoms with Crippen molar-refractivity contribution in [2.24, 2.45) is 10.7 Å². The summed E-state index contributed by atoms with van der Waals surface area (Å²) in [4.78, 5) is 4.23. The van der Waals surface area contributed by atoms with Gasteiger partial charge in [0.05, 0.1) is 23.9 Å². The Balaban J connectivity index is 1.92. The minimum atomic E-state index is -4.37. The van der Waals surface area contributed by atoms with Gasteiger partial charge in [0.25, 0.3) is 5.84 Å². The molecule has 2 atom stereocenters. The van der Waals surface area contributed by atoms with Crippen molar-refractivity contribution in [3.8, 4) is 0 Å². The fourth-order valence-corrected chi connectivity index (χ4v) is 2.34. The molecule has 112 valence electrons. The van der Waals surface area contributed by atoms with Crippen LogP contribution in [-0.4, -0.2) is 18.2 Å². The third-order valence-electron chi connectivity index (χ3n) is 3.40. The SMILES string of the molecule is CC1(N)NCC2=CN=C(c3cccc(C(F)(F)F)c3)[NH+]2N1. The lowest BCUT2D eigenvalue weighted by Gasteiger charge is -2.35. The van der Waals surface area contributed by atoms with Crippen LogP contribution in [0.2, 0.25) is 0 Å². The van der Waals surface area contributed by atoms with E-state index in [-0.39, 0.29) is 0 Å². The molecule has 8 heteroatoms. The van der Waals surface area contributed by atoms with Crippen LogP contribution >= 0.6 is 0 Å². The van der Waals surface area contributed by atoms with Crippen LogP contribution < -0.4 is 21.5 Å². The minimum Gasteiger partial charge on any atom is -0.297 e. The van der Waals surface area contributed by atoms with E-state index in [4.69, 9.17) is 5.73 Å². The summed E-state index contributed by atoms with van der Waals surface area (Å²) in [6.45, 7) is 2.26. The van der Waals surface area contributed by atoms with Crippen LogP contribution in [0.15, 0.2) is 41.2 Å². The maximum Gasteiger partial charge on any atom is 0.416 e. The molecule has 0 aliphatic carbocycles. The summed E-state index contributed by atoms with van der Waals surface area (Å²) >= 11 is 0. The van der Waals surface area contributed by atoms with Gasteiger partial charge >= 0.3 is 6.18 Å². The van der Waals surface area contributed by atoms with Crippen LogP contribution in [0.25, 0.3) is 0 Å². The number of fused-ring (bicyclic) bond motifs is 1. The molecule has 0 bridgehead atoms. The van der Waals surface area contributed by atoms with Crippen LogP contribution in [0.1, 0.15) is 18.1 Å². The number of alkyl halides is 3. The number of amidine groups is 1. The van der Waals surface area contributed by atoms with Crippen LogP contribution in [-0.2, 0) is 6.18 Å². The molecule has 1 aromatic rings. The number of halogens is 3. The summed E-state index contributed by atoms with van der Waals surface area (Å²) in [7, 11) is 0. The summed E-state index contributed by atoms with van der Waals surface area (Å²) in [5.41, 5.74) is 9.63. The van der Waals surface area contributed by atoms with Gasteiger partial charge in [-0.15, -0.1) is 5.43 Å². The highest BCUT2D eigenvalue weighted by Crippen LogP contribution is 2.29. The predicted octanol–water partition coefficient (Wildman–Crippen LogP) is -0.0679. The topological polar surface area (TPSA) is 66.9 Å². The average molecular weight is 298 g/mol. The Labute approximate surface area is 119 Å². The zero-order valence-corrected chi connectivity index (χ0v) is 11.3. The van der Waals surface area contributed by atoms with E-state index in [1.807, 2.05) is 0 Å². The van der Waals surface area contributed by atoms with E-state index in [9.17, 15) is 13.2 Å². The van der Waals surface area contributed by atoms with Crippen molar-refractivity contribution >= 4 is 5.84 Å². The Morgan fingerprint density at radius 2 is 2.14 bits per heavy atom. The number of nitrogens with zero attached hydrogens (tertiary/aromatic N) is 1. The third kappa shape index (κ3) is 2.70. The number of benzene rings is 1. The Kier molecular flexibility index (Phi) is 3.14. The zero-order chi connectivity index (χ0) is 15.3. The Bertz CT molecular complexity index is 633. The molecule has 2 aliphatic rings. The fourth-order valence-electron chi connectivity index (χ4n) is 2.34. The molecule has 2 heterocycles. The first-order chi connectivity index (χ1) is 9.76. The summed E-state index contributed by atoms with van der Waals surface area (Å²) < 4.78 is 38.4. The van der Waals surface area contributed by atoms with Crippen molar-refractivity contribution in [3.63, 3.8) is 0 Å². The van der Waals surface area contributed by atoms with Crippen LogP contribution in [0.4, 0.5) is 13.2 Å². The van der Waals surface area contributed by atoms with E-state index in [2.05, 4.69) is 15.7 Å². The molecular weight excluding hydrogens is 283 g/mol. The van der Waals surface area contributed by atoms with Crippen molar-refractivity contribution in [1.29, 1.82) is 0 Å². The molecular formula is C13H15F3N5+. The molecule has 0 saturated carbocycles. The summed E-state index contributed by atoms with van der Waals surface area (Å²) in [5.74, 6) is -0.339. The first kappa shape index (κ1) is 14.2. The Morgan fingerprint density at radius 1 is 1.38 bits per heavy atom. The number of quaternary nitrogens is 1. The number of hydrogen-bond acceptors (Lipinski definition) is 4. The molecule has 5 N–H and O–H groups in total. The summed E-state index contributed by atoms with van der Waals surface area (Å²) in [6, 6.07) is 5.12. The lowest BCUT2D eigenvalue weighted by molar-refractivity contribution is -0.827. The van der Waals surface area contributed by atoms with Crippen LogP contribution in [0.5, 0.6) is 0 Å². The van der Waals surface area contributed by atoms with E-state index < -0.39 is 17.5 Å². The molecule has 3 rings (SSSR count). The molecule has 2 aliphatic heterocycles. The van der Waals surface area contributed by atoms with E-state index >= 15 is 0 Å².